The van der Waals surface area contributed by atoms with Crippen LogP contribution in [0.25, 0.3) is 10.9 Å². The Balaban J connectivity index is 1.51. The summed E-state index contributed by atoms with van der Waals surface area (Å²) in [6.07, 6.45) is 2.91. The van der Waals surface area contributed by atoms with Gasteiger partial charge in [0.15, 0.2) is 0 Å². The zero-order valence-electron chi connectivity index (χ0n) is 19.6. The van der Waals surface area contributed by atoms with Crippen LogP contribution in [0.4, 0.5) is 11.5 Å². The molecule has 35 heavy (non-hydrogen) atoms. The predicted molar refractivity (Wildman–Crippen MR) is 133 cm³/mol. The number of rotatable bonds is 10. The molecule has 1 atom stereocenters. The first-order chi connectivity index (χ1) is 17.0. The number of aliphatic hydroxyl groups excluding tert-OH is 1. The normalized spacial score (nSPS) is 11.6. The summed E-state index contributed by atoms with van der Waals surface area (Å²) in [7, 11) is 0. The monoisotopic (exact) mass is 473 g/mol. The third-order valence-electron chi connectivity index (χ3n) is 5.22. The summed E-state index contributed by atoms with van der Waals surface area (Å²) in [6, 6.07) is 17.1. The quantitative estimate of drug-likeness (QED) is 0.320. The molecule has 3 N–H and O–H groups in total. The maximum atomic E-state index is 11.3. The van der Waals surface area contributed by atoms with Crippen molar-refractivity contribution in [2.24, 2.45) is 0 Å². The molecule has 9 heteroatoms. The van der Waals surface area contributed by atoms with Gasteiger partial charge in [-0.2, -0.15) is 0 Å². The number of ether oxygens (including phenoxy) is 2. The van der Waals surface area contributed by atoms with Crippen LogP contribution in [0, 0.1) is 6.92 Å². The van der Waals surface area contributed by atoms with Crippen LogP contribution < -0.4 is 20.1 Å². The van der Waals surface area contributed by atoms with Crippen molar-refractivity contribution >= 4 is 28.3 Å². The number of pyridine rings is 1. The van der Waals surface area contributed by atoms with Crippen molar-refractivity contribution in [2.75, 3.05) is 18.5 Å². The van der Waals surface area contributed by atoms with Gasteiger partial charge >= 0.3 is 0 Å². The van der Waals surface area contributed by atoms with Crippen LogP contribution in [0.15, 0.2) is 67.1 Å². The molecule has 0 spiro atoms. The Labute approximate surface area is 203 Å². The Bertz CT molecular complexity index is 1290. The maximum absolute atomic E-state index is 11.3. The van der Waals surface area contributed by atoms with E-state index in [0.29, 0.717) is 18.2 Å². The molecule has 9 nitrogen and oxygen atoms in total. The number of carbonyl (C=O) groups is 1. The molecule has 0 fully saturated rings. The van der Waals surface area contributed by atoms with E-state index in [-0.39, 0.29) is 12.6 Å². The van der Waals surface area contributed by atoms with Crippen LogP contribution >= 0.6 is 0 Å². The SMILES string of the molecule is Cc1cc(Nc2ncnc3cccc(O[C@H](C)CNC(=O)CO)c23)ccc1OCc1ccccn1. The fourth-order valence-electron chi connectivity index (χ4n) is 3.50. The fraction of sp³-hybridized carbons (Fsp3) is 0.231. The van der Waals surface area contributed by atoms with Gasteiger partial charge in [0.25, 0.3) is 0 Å². The second-order valence-electron chi connectivity index (χ2n) is 7.98. The number of aromatic nitrogens is 3. The Morgan fingerprint density at radius 2 is 1.94 bits per heavy atom. The Hall–Kier alpha value is -4.24. The summed E-state index contributed by atoms with van der Waals surface area (Å²) in [5.41, 5.74) is 3.39. The van der Waals surface area contributed by atoms with E-state index in [1.165, 1.54) is 6.33 Å². The van der Waals surface area contributed by atoms with Crippen molar-refractivity contribution in [3.05, 3.63) is 78.4 Å². The van der Waals surface area contributed by atoms with Crippen LogP contribution in [0.2, 0.25) is 0 Å². The van der Waals surface area contributed by atoms with Crippen LogP contribution in [-0.2, 0) is 11.4 Å². The fourth-order valence-corrected chi connectivity index (χ4v) is 3.50. The number of carbonyl (C=O) groups excluding carboxylic acids is 1. The van der Waals surface area contributed by atoms with E-state index in [9.17, 15) is 4.79 Å². The molecule has 2 aromatic heterocycles. The minimum Gasteiger partial charge on any atom is -0.488 e. The van der Waals surface area contributed by atoms with Crippen molar-refractivity contribution in [1.29, 1.82) is 0 Å². The molecule has 0 aliphatic carbocycles. The molecule has 0 saturated carbocycles. The van der Waals surface area contributed by atoms with Gasteiger partial charge < -0.3 is 25.2 Å². The highest BCUT2D eigenvalue weighted by Crippen LogP contribution is 2.33. The first-order valence-corrected chi connectivity index (χ1v) is 11.2. The molecule has 0 aliphatic heterocycles. The van der Waals surface area contributed by atoms with Gasteiger partial charge in [-0.15, -0.1) is 0 Å². The highest BCUT2D eigenvalue weighted by Gasteiger charge is 2.14. The first-order valence-electron chi connectivity index (χ1n) is 11.2. The number of aliphatic hydroxyl groups is 1. The van der Waals surface area contributed by atoms with Crippen molar-refractivity contribution in [2.45, 2.75) is 26.6 Å². The van der Waals surface area contributed by atoms with E-state index >= 15 is 0 Å². The van der Waals surface area contributed by atoms with Crippen LogP contribution in [0.3, 0.4) is 0 Å². The van der Waals surface area contributed by atoms with E-state index in [1.807, 2.05) is 68.4 Å². The number of amides is 1. The number of fused-ring (bicyclic) bond motifs is 1. The minimum absolute atomic E-state index is 0.255. The number of aryl methyl sites for hydroxylation is 1. The van der Waals surface area contributed by atoms with Gasteiger partial charge in [-0.3, -0.25) is 9.78 Å². The van der Waals surface area contributed by atoms with Gasteiger partial charge in [-0.25, -0.2) is 9.97 Å². The predicted octanol–water partition coefficient (Wildman–Crippen LogP) is 3.53. The maximum Gasteiger partial charge on any atom is 0.245 e. The minimum atomic E-state index is -0.560. The smallest absolute Gasteiger partial charge is 0.245 e. The van der Waals surface area contributed by atoms with Crippen molar-refractivity contribution in [3.63, 3.8) is 0 Å². The van der Waals surface area contributed by atoms with Gasteiger partial charge in [0.05, 0.1) is 23.1 Å². The molecule has 0 aliphatic rings. The Kier molecular flexibility index (Phi) is 7.69. The summed E-state index contributed by atoms with van der Waals surface area (Å²) in [5.74, 6) is 1.51. The molecule has 180 valence electrons. The lowest BCUT2D eigenvalue weighted by molar-refractivity contribution is -0.124. The molecule has 0 bridgehead atoms. The van der Waals surface area contributed by atoms with Crippen LogP contribution in [-0.4, -0.2) is 45.2 Å². The lowest BCUT2D eigenvalue weighted by atomic mass is 10.1. The number of hydrogen-bond donors (Lipinski definition) is 3. The molecular weight excluding hydrogens is 446 g/mol. The summed E-state index contributed by atoms with van der Waals surface area (Å²) in [6.45, 7) is 3.90. The first kappa shape index (κ1) is 23.9. The lowest BCUT2D eigenvalue weighted by Crippen LogP contribution is -2.35. The average molecular weight is 474 g/mol. The largest absolute Gasteiger partial charge is 0.488 e. The topological polar surface area (TPSA) is 118 Å². The zero-order chi connectivity index (χ0) is 24.6. The van der Waals surface area contributed by atoms with E-state index < -0.39 is 12.5 Å². The second-order valence-corrected chi connectivity index (χ2v) is 7.98. The standard InChI is InChI=1S/C26H27N5O4/c1-17-12-19(9-10-22(17)34-15-20-6-3-4-11-27-20)31-26-25-21(29-16-30-26)7-5-8-23(25)35-18(2)13-28-24(33)14-32/h3-12,16,18,32H,13-15H2,1-2H3,(H,28,33)(H,29,30,31)/t18-/m1/s1. The molecule has 0 unspecified atom stereocenters. The number of nitrogens with one attached hydrogen (secondary N) is 2. The van der Waals surface area contributed by atoms with E-state index in [0.717, 1.165) is 33.6 Å². The molecule has 0 saturated heterocycles. The van der Waals surface area contributed by atoms with Crippen molar-refractivity contribution in [3.8, 4) is 11.5 Å². The third kappa shape index (κ3) is 6.21. The number of anilines is 2. The van der Waals surface area contributed by atoms with Gasteiger partial charge in [0.1, 0.15) is 43.0 Å². The van der Waals surface area contributed by atoms with Crippen molar-refractivity contribution < 1.29 is 19.4 Å². The molecule has 4 aromatic rings. The molecular formula is C26H27N5O4. The Morgan fingerprint density at radius 1 is 1.06 bits per heavy atom. The summed E-state index contributed by atoms with van der Waals surface area (Å²) in [4.78, 5) is 24.4. The molecule has 4 rings (SSSR count). The summed E-state index contributed by atoms with van der Waals surface area (Å²) < 4.78 is 12.0. The second kappa shape index (κ2) is 11.3. The molecule has 2 heterocycles. The van der Waals surface area contributed by atoms with E-state index in [2.05, 4.69) is 25.6 Å². The van der Waals surface area contributed by atoms with Crippen LogP contribution in [0.1, 0.15) is 18.2 Å². The van der Waals surface area contributed by atoms with E-state index in [1.54, 1.807) is 6.20 Å². The summed E-state index contributed by atoms with van der Waals surface area (Å²) in [5, 5.41) is 15.6. The third-order valence-corrected chi connectivity index (χ3v) is 5.22. The van der Waals surface area contributed by atoms with Gasteiger partial charge in [0, 0.05) is 11.9 Å². The number of nitrogens with zero attached hydrogens (tertiary/aromatic N) is 3. The highest BCUT2D eigenvalue weighted by atomic mass is 16.5. The molecule has 1 amide bonds. The number of hydrogen-bond acceptors (Lipinski definition) is 8. The number of benzene rings is 2. The molecule has 0 radical (unpaired) electrons. The van der Waals surface area contributed by atoms with E-state index in [4.69, 9.17) is 14.6 Å². The van der Waals surface area contributed by atoms with Gasteiger partial charge in [-0.05, 0) is 61.9 Å². The lowest BCUT2D eigenvalue weighted by Gasteiger charge is -2.18. The van der Waals surface area contributed by atoms with Gasteiger partial charge in [-0.1, -0.05) is 12.1 Å². The zero-order valence-corrected chi connectivity index (χ0v) is 19.6. The van der Waals surface area contributed by atoms with Crippen LogP contribution in [0.5, 0.6) is 11.5 Å². The average Bonchev–Trinajstić information content (AvgIpc) is 2.87. The Morgan fingerprint density at radius 3 is 2.71 bits per heavy atom. The molecule has 2 aromatic carbocycles. The van der Waals surface area contributed by atoms with Gasteiger partial charge in [0.2, 0.25) is 5.91 Å². The van der Waals surface area contributed by atoms with Crippen molar-refractivity contribution in [1.82, 2.24) is 20.3 Å². The summed E-state index contributed by atoms with van der Waals surface area (Å²) >= 11 is 0. The highest BCUT2D eigenvalue weighted by molar-refractivity contribution is 5.95.